The lowest BCUT2D eigenvalue weighted by molar-refractivity contribution is -0.138. The van der Waals surface area contributed by atoms with Crippen LogP contribution in [0.2, 0.25) is 0 Å². The molecule has 140 valence electrons. The minimum atomic E-state index is -0.213. The molecular formula is C19H24N2O5. The maximum atomic E-state index is 12.1. The van der Waals surface area contributed by atoms with Crippen LogP contribution < -0.4 is 14.8 Å². The van der Waals surface area contributed by atoms with Crippen molar-refractivity contribution in [2.75, 3.05) is 13.2 Å². The normalized spacial score (nSPS) is 18.7. The van der Waals surface area contributed by atoms with Gasteiger partial charge in [-0.05, 0) is 26.0 Å². The SMILES string of the molecule is CCOc1cc2c(cc1CNC(=O)CCN1C(=O)CCC1=O)O[C@H](C)C2. The van der Waals surface area contributed by atoms with Gasteiger partial charge in [0.1, 0.15) is 17.6 Å². The third-order valence-corrected chi connectivity index (χ3v) is 4.57. The van der Waals surface area contributed by atoms with E-state index in [9.17, 15) is 14.4 Å². The number of amides is 3. The molecular weight excluding hydrogens is 336 g/mol. The number of nitrogens with zero attached hydrogens (tertiary/aromatic N) is 1. The van der Waals surface area contributed by atoms with Crippen molar-refractivity contribution in [2.24, 2.45) is 0 Å². The van der Waals surface area contributed by atoms with Crippen LogP contribution in [0.4, 0.5) is 0 Å². The molecule has 1 N–H and O–H groups in total. The summed E-state index contributed by atoms with van der Waals surface area (Å²) in [5.74, 6) is 0.958. The number of imide groups is 1. The minimum absolute atomic E-state index is 0.0971. The molecule has 7 nitrogen and oxygen atoms in total. The van der Waals surface area contributed by atoms with E-state index < -0.39 is 0 Å². The molecule has 3 amide bonds. The molecule has 0 aliphatic carbocycles. The molecule has 26 heavy (non-hydrogen) atoms. The van der Waals surface area contributed by atoms with Gasteiger partial charge in [-0.3, -0.25) is 19.3 Å². The maximum Gasteiger partial charge on any atom is 0.229 e. The zero-order valence-corrected chi connectivity index (χ0v) is 15.2. The van der Waals surface area contributed by atoms with Crippen molar-refractivity contribution >= 4 is 17.7 Å². The van der Waals surface area contributed by atoms with E-state index in [0.29, 0.717) is 13.2 Å². The number of likely N-dealkylation sites (tertiary alicyclic amines) is 1. The van der Waals surface area contributed by atoms with Crippen molar-refractivity contribution in [3.63, 3.8) is 0 Å². The molecule has 0 bridgehead atoms. The van der Waals surface area contributed by atoms with Crippen molar-refractivity contribution in [3.8, 4) is 11.5 Å². The topological polar surface area (TPSA) is 84.9 Å². The molecule has 1 aromatic rings. The summed E-state index contributed by atoms with van der Waals surface area (Å²) < 4.78 is 11.5. The molecule has 1 saturated heterocycles. The summed E-state index contributed by atoms with van der Waals surface area (Å²) >= 11 is 0. The zero-order chi connectivity index (χ0) is 18.7. The van der Waals surface area contributed by atoms with Crippen LogP contribution >= 0.6 is 0 Å². The molecule has 3 rings (SSSR count). The van der Waals surface area contributed by atoms with Crippen LogP contribution in [0.1, 0.15) is 44.2 Å². The molecule has 1 atom stereocenters. The van der Waals surface area contributed by atoms with Gasteiger partial charge in [-0.1, -0.05) is 0 Å². The predicted octanol–water partition coefficient (Wildman–Crippen LogP) is 1.56. The highest BCUT2D eigenvalue weighted by molar-refractivity contribution is 6.02. The number of nitrogens with one attached hydrogen (secondary N) is 1. The fourth-order valence-corrected chi connectivity index (χ4v) is 3.28. The standard InChI is InChI=1S/C19H24N2O5/c1-3-25-15-9-13-8-12(2)26-16(13)10-14(15)11-20-17(22)6-7-21-18(23)4-5-19(21)24/h9-10,12H,3-8,11H2,1-2H3,(H,20,22)/t12-/m1/s1. The number of carbonyl (C=O) groups is 3. The van der Waals surface area contributed by atoms with E-state index in [1.807, 2.05) is 26.0 Å². The molecule has 0 spiro atoms. The Morgan fingerprint density at radius 3 is 2.73 bits per heavy atom. The van der Waals surface area contributed by atoms with Crippen molar-refractivity contribution in [3.05, 3.63) is 23.3 Å². The number of hydrogen-bond acceptors (Lipinski definition) is 5. The lowest BCUT2D eigenvalue weighted by Crippen LogP contribution is -2.34. The van der Waals surface area contributed by atoms with Gasteiger partial charge in [0.15, 0.2) is 0 Å². The number of carbonyl (C=O) groups excluding carboxylic acids is 3. The van der Waals surface area contributed by atoms with E-state index in [4.69, 9.17) is 9.47 Å². The molecule has 0 saturated carbocycles. The Balaban J connectivity index is 1.58. The van der Waals surface area contributed by atoms with E-state index in [-0.39, 0.29) is 49.6 Å². The van der Waals surface area contributed by atoms with E-state index in [0.717, 1.165) is 33.9 Å². The zero-order valence-electron chi connectivity index (χ0n) is 15.2. The lowest BCUT2D eigenvalue weighted by atomic mass is 10.1. The van der Waals surface area contributed by atoms with Crippen LogP contribution in [0.15, 0.2) is 12.1 Å². The van der Waals surface area contributed by atoms with Gasteiger partial charge in [-0.15, -0.1) is 0 Å². The molecule has 1 aromatic carbocycles. The Labute approximate surface area is 152 Å². The summed E-state index contributed by atoms with van der Waals surface area (Å²) in [6, 6.07) is 3.89. The summed E-state index contributed by atoms with van der Waals surface area (Å²) in [5, 5.41) is 2.83. The van der Waals surface area contributed by atoms with E-state index in [1.54, 1.807) is 0 Å². The largest absolute Gasteiger partial charge is 0.494 e. The number of rotatable bonds is 7. The van der Waals surface area contributed by atoms with E-state index in [2.05, 4.69) is 5.32 Å². The van der Waals surface area contributed by atoms with Crippen molar-refractivity contribution in [1.29, 1.82) is 0 Å². The first kappa shape index (κ1) is 18.2. The molecule has 7 heteroatoms. The molecule has 2 heterocycles. The van der Waals surface area contributed by atoms with Gasteiger partial charge < -0.3 is 14.8 Å². The fourth-order valence-electron chi connectivity index (χ4n) is 3.28. The lowest BCUT2D eigenvalue weighted by Gasteiger charge is -2.15. The van der Waals surface area contributed by atoms with Crippen LogP contribution in [0, 0.1) is 0 Å². The second kappa shape index (κ2) is 7.76. The second-order valence-corrected chi connectivity index (χ2v) is 6.60. The fraction of sp³-hybridized carbons (Fsp3) is 0.526. The molecule has 2 aliphatic heterocycles. The van der Waals surface area contributed by atoms with Crippen LogP contribution in [0.25, 0.3) is 0 Å². The summed E-state index contributed by atoms with van der Waals surface area (Å²) in [6.45, 7) is 4.91. The van der Waals surface area contributed by atoms with Crippen molar-refractivity contribution in [1.82, 2.24) is 10.2 Å². The summed E-state index contributed by atoms with van der Waals surface area (Å²) in [6.07, 6.45) is 1.57. The van der Waals surface area contributed by atoms with Crippen LogP contribution in [-0.2, 0) is 27.3 Å². The molecule has 0 aromatic heterocycles. The Bertz CT molecular complexity index is 715. The van der Waals surface area contributed by atoms with Gasteiger partial charge in [0, 0.05) is 49.9 Å². The Morgan fingerprint density at radius 1 is 1.31 bits per heavy atom. The first-order chi connectivity index (χ1) is 12.5. The molecule has 0 radical (unpaired) electrons. The first-order valence-corrected chi connectivity index (χ1v) is 9.03. The predicted molar refractivity (Wildman–Crippen MR) is 93.8 cm³/mol. The Hall–Kier alpha value is -2.57. The van der Waals surface area contributed by atoms with Crippen LogP contribution in [-0.4, -0.2) is 41.9 Å². The highest BCUT2D eigenvalue weighted by Crippen LogP contribution is 2.35. The van der Waals surface area contributed by atoms with Gasteiger partial charge in [0.25, 0.3) is 0 Å². The smallest absolute Gasteiger partial charge is 0.229 e. The van der Waals surface area contributed by atoms with Gasteiger partial charge in [-0.2, -0.15) is 0 Å². The monoisotopic (exact) mass is 360 g/mol. The average Bonchev–Trinajstić information content (AvgIpc) is 3.12. The average molecular weight is 360 g/mol. The van der Waals surface area contributed by atoms with Crippen molar-refractivity contribution < 1.29 is 23.9 Å². The number of ether oxygens (including phenoxy) is 2. The summed E-state index contributed by atoms with van der Waals surface area (Å²) in [4.78, 5) is 36.4. The Morgan fingerprint density at radius 2 is 2.04 bits per heavy atom. The molecule has 0 unspecified atom stereocenters. The first-order valence-electron chi connectivity index (χ1n) is 9.03. The van der Waals surface area contributed by atoms with Gasteiger partial charge >= 0.3 is 0 Å². The molecule has 2 aliphatic rings. The number of fused-ring (bicyclic) bond motifs is 1. The van der Waals surface area contributed by atoms with Gasteiger partial charge in [0.05, 0.1) is 6.61 Å². The summed E-state index contributed by atoms with van der Waals surface area (Å²) in [7, 11) is 0. The Kier molecular flexibility index (Phi) is 5.44. The van der Waals surface area contributed by atoms with Crippen LogP contribution in [0.5, 0.6) is 11.5 Å². The van der Waals surface area contributed by atoms with Crippen LogP contribution in [0.3, 0.4) is 0 Å². The minimum Gasteiger partial charge on any atom is -0.494 e. The highest BCUT2D eigenvalue weighted by atomic mass is 16.5. The number of benzene rings is 1. The third-order valence-electron chi connectivity index (χ3n) is 4.57. The quantitative estimate of drug-likeness (QED) is 0.746. The highest BCUT2D eigenvalue weighted by Gasteiger charge is 2.28. The molecule has 1 fully saturated rings. The van der Waals surface area contributed by atoms with Crippen molar-refractivity contribution in [2.45, 2.75) is 52.2 Å². The maximum absolute atomic E-state index is 12.1. The van der Waals surface area contributed by atoms with Gasteiger partial charge in [-0.25, -0.2) is 0 Å². The third kappa shape index (κ3) is 3.98. The van der Waals surface area contributed by atoms with Gasteiger partial charge in [0.2, 0.25) is 17.7 Å². The summed E-state index contributed by atoms with van der Waals surface area (Å²) in [5.41, 5.74) is 1.96. The van der Waals surface area contributed by atoms with E-state index >= 15 is 0 Å². The number of hydrogen-bond donors (Lipinski definition) is 1. The van der Waals surface area contributed by atoms with E-state index in [1.165, 1.54) is 0 Å². The second-order valence-electron chi connectivity index (χ2n) is 6.60.